The number of rotatable bonds is 6. The summed E-state index contributed by atoms with van der Waals surface area (Å²) in [4.78, 5) is 14.1. The Morgan fingerprint density at radius 1 is 1.58 bits per heavy atom. The highest BCUT2D eigenvalue weighted by Gasteiger charge is 2.22. The summed E-state index contributed by atoms with van der Waals surface area (Å²) in [6.07, 6.45) is 5.63. The molecule has 19 heavy (non-hydrogen) atoms. The topological polar surface area (TPSA) is 47.4 Å². The Bertz CT molecular complexity index is 438. The Balaban J connectivity index is 2.01. The average molecular weight is 265 g/mol. The van der Waals surface area contributed by atoms with Gasteiger partial charge in [-0.15, -0.1) is 0 Å². The third-order valence-corrected chi connectivity index (χ3v) is 3.77. The van der Waals surface area contributed by atoms with Gasteiger partial charge in [0.15, 0.2) is 0 Å². The summed E-state index contributed by atoms with van der Waals surface area (Å²) in [5.74, 6) is 0.548. The number of hydrogen-bond donors (Lipinski definition) is 0. The maximum atomic E-state index is 11.9. The van der Waals surface area contributed by atoms with Crippen molar-refractivity contribution in [2.24, 2.45) is 13.0 Å². The summed E-state index contributed by atoms with van der Waals surface area (Å²) < 4.78 is 6.83. The van der Waals surface area contributed by atoms with Crippen molar-refractivity contribution in [1.29, 1.82) is 0 Å². The number of hydrogen-bond acceptors (Lipinski definition) is 4. The minimum Gasteiger partial charge on any atom is -0.462 e. The molecule has 0 aliphatic heterocycles. The minimum atomic E-state index is -0.275. The first-order chi connectivity index (χ1) is 9.11. The number of ether oxygens (including phenoxy) is 1. The van der Waals surface area contributed by atoms with E-state index in [1.165, 1.54) is 19.3 Å². The fourth-order valence-corrected chi connectivity index (χ4v) is 2.47. The molecule has 1 aliphatic rings. The van der Waals surface area contributed by atoms with Crippen molar-refractivity contribution < 1.29 is 9.53 Å². The summed E-state index contributed by atoms with van der Waals surface area (Å²) in [6, 6.07) is 0. The van der Waals surface area contributed by atoms with E-state index in [1.807, 2.05) is 14.0 Å². The molecule has 0 radical (unpaired) electrons. The van der Waals surface area contributed by atoms with Crippen molar-refractivity contribution in [3.8, 4) is 0 Å². The second kappa shape index (κ2) is 6.19. The quantitative estimate of drug-likeness (QED) is 0.736. The number of aromatic nitrogens is 2. The van der Waals surface area contributed by atoms with Crippen molar-refractivity contribution in [2.45, 2.75) is 32.7 Å². The van der Waals surface area contributed by atoms with E-state index in [0.717, 1.165) is 24.7 Å². The molecule has 1 aliphatic carbocycles. The standard InChI is InChI=1S/C14H23N3O2/c1-4-19-14(18)12-8-15-17(3)13(12)10-16(2)9-11-6-5-7-11/h8,11H,4-7,9-10H2,1-3H3. The van der Waals surface area contributed by atoms with Gasteiger partial charge in [0.05, 0.1) is 18.5 Å². The molecule has 0 saturated heterocycles. The van der Waals surface area contributed by atoms with Crippen molar-refractivity contribution in [2.75, 3.05) is 20.2 Å². The maximum Gasteiger partial charge on any atom is 0.341 e. The van der Waals surface area contributed by atoms with E-state index in [9.17, 15) is 4.79 Å². The summed E-state index contributed by atoms with van der Waals surface area (Å²) >= 11 is 0. The molecule has 106 valence electrons. The van der Waals surface area contributed by atoms with E-state index in [0.29, 0.717) is 12.2 Å². The molecule has 1 fully saturated rings. The lowest BCUT2D eigenvalue weighted by Gasteiger charge is -2.30. The van der Waals surface area contributed by atoms with Crippen molar-refractivity contribution in [3.63, 3.8) is 0 Å². The van der Waals surface area contributed by atoms with E-state index in [2.05, 4.69) is 17.0 Å². The Labute approximate surface area is 114 Å². The van der Waals surface area contributed by atoms with Gasteiger partial charge in [-0.3, -0.25) is 4.68 Å². The second-order valence-electron chi connectivity index (χ2n) is 5.34. The predicted molar refractivity (Wildman–Crippen MR) is 72.8 cm³/mol. The Morgan fingerprint density at radius 3 is 2.89 bits per heavy atom. The Morgan fingerprint density at radius 2 is 2.32 bits per heavy atom. The summed E-state index contributed by atoms with van der Waals surface area (Å²) in [5.41, 5.74) is 1.52. The lowest BCUT2D eigenvalue weighted by Crippen LogP contribution is -2.30. The Kier molecular flexibility index (Phi) is 4.58. The van der Waals surface area contributed by atoms with Crippen LogP contribution in [0, 0.1) is 5.92 Å². The van der Waals surface area contributed by atoms with Gasteiger partial charge >= 0.3 is 5.97 Å². The molecule has 0 aromatic carbocycles. The highest BCUT2D eigenvalue weighted by atomic mass is 16.5. The summed E-state index contributed by atoms with van der Waals surface area (Å²) in [5, 5.41) is 4.18. The molecule has 5 heteroatoms. The van der Waals surface area contributed by atoms with E-state index in [4.69, 9.17) is 4.74 Å². The smallest absolute Gasteiger partial charge is 0.341 e. The van der Waals surface area contributed by atoms with Crippen LogP contribution in [-0.4, -0.2) is 40.8 Å². The molecular formula is C14H23N3O2. The van der Waals surface area contributed by atoms with Gasteiger partial charge in [0, 0.05) is 20.1 Å². The fraction of sp³-hybridized carbons (Fsp3) is 0.714. The van der Waals surface area contributed by atoms with Gasteiger partial charge < -0.3 is 9.64 Å². The summed E-state index contributed by atoms with van der Waals surface area (Å²) in [6.45, 7) is 4.04. The van der Waals surface area contributed by atoms with Crippen molar-refractivity contribution in [3.05, 3.63) is 17.5 Å². The molecule has 0 atom stereocenters. The molecular weight excluding hydrogens is 242 g/mol. The highest BCUT2D eigenvalue weighted by molar-refractivity contribution is 5.90. The Hall–Kier alpha value is -1.36. The third-order valence-electron chi connectivity index (χ3n) is 3.77. The van der Waals surface area contributed by atoms with Crippen LogP contribution in [0.2, 0.25) is 0 Å². The summed E-state index contributed by atoms with van der Waals surface area (Å²) in [7, 11) is 3.97. The number of carbonyl (C=O) groups excluding carboxylic acids is 1. The second-order valence-corrected chi connectivity index (χ2v) is 5.34. The fourth-order valence-electron chi connectivity index (χ4n) is 2.47. The molecule has 0 bridgehead atoms. The maximum absolute atomic E-state index is 11.9. The van der Waals surface area contributed by atoms with Gasteiger partial charge in [-0.2, -0.15) is 5.10 Å². The number of esters is 1. The molecule has 1 saturated carbocycles. The van der Waals surface area contributed by atoms with Gasteiger partial charge in [-0.25, -0.2) is 4.79 Å². The predicted octanol–water partition coefficient (Wildman–Crippen LogP) is 1.83. The minimum absolute atomic E-state index is 0.275. The van der Waals surface area contributed by atoms with Crippen LogP contribution < -0.4 is 0 Å². The molecule has 0 spiro atoms. The van der Waals surface area contributed by atoms with Crippen LogP contribution in [0.5, 0.6) is 0 Å². The average Bonchev–Trinajstić information content (AvgIpc) is 2.66. The van der Waals surface area contributed by atoms with E-state index < -0.39 is 0 Å². The highest BCUT2D eigenvalue weighted by Crippen LogP contribution is 2.27. The van der Waals surface area contributed by atoms with Crippen LogP contribution in [-0.2, 0) is 18.3 Å². The number of aryl methyl sites for hydroxylation is 1. The van der Waals surface area contributed by atoms with Gasteiger partial charge in [0.2, 0.25) is 0 Å². The largest absolute Gasteiger partial charge is 0.462 e. The normalized spacial score (nSPS) is 15.6. The lowest BCUT2D eigenvalue weighted by molar-refractivity contribution is 0.0523. The van der Waals surface area contributed by atoms with Crippen LogP contribution in [0.15, 0.2) is 6.20 Å². The number of nitrogens with zero attached hydrogens (tertiary/aromatic N) is 3. The molecule has 0 unspecified atom stereocenters. The van der Waals surface area contributed by atoms with Crippen LogP contribution in [0.4, 0.5) is 0 Å². The first-order valence-corrected chi connectivity index (χ1v) is 6.98. The van der Waals surface area contributed by atoms with Gasteiger partial charge in [0.25, 0.3) is 0 Å². The first-order valence-electron chi connectivity index (χ1n) is 6.98. The van der Waals surface area contributed by atoms with Crippen LogP contribution in [0.25, 0.3) is 0 Å². The van der Waals surface area contributed by atoms with Crippen LogP contribution in [0.1, 0.15) is 42.2 Å². The zero-order valence-electron chi connectivity index (χ0n) is 12.1. The molecule has 1 heterocycles. The third kappa shape index (κ3) is 3.35. The zero-order chi connectivity index (χ0) is 13.8. The van der Waals surface area contributed by atoms with E-state index in [1.54, 1.807) is 10.9 Å². The SMILES string of the molecule is CCOC(=O)c1cnn(C)c1CN(C)CC1CCC1. The molecule has 0 amide bonds. The first kappa shape index (κ1) is 14.1. The van der Waals surface area contributed by atoms with Gasteiger partial charge in [-0.05, 0) is 32.7 Å². The van der Waals surface area contributed by atoms with Crippen molar-refractivity contribution in [1.82, 2.24) is 14.7 Å². The van der Waals surface area contributed by atoms with E-state index >= 15 is 0 Å². The molecule has 0 N–H and O–H groups in total. The van der Waals surface area contributed by atoms with E-state index in [-0.39, 0.29) is 5.97 Å². The molecule has 5 nitrogen and oxygen atoms in total. The lowest BCUT2D eigenvalue weighted by atomic mass is 9.85. The van der Waals surface area contributed by atoms with Crippen molar-refractivity contribution >= 4 is 5.97 Å². The monoisotopic (exact) mass is 265 g/mol. The molecule has 1 aromatic heterocycles. The number of carbonyl (C=O) groups is 1. The molecule has 2 rings (SSSR count). The zero-order valence-corrected chi connectivity index (χ0v) is 12.1. The van der Waals surface area contributed by atoms with Gasteiger partial charge in [0.1, 0.15) is 5.56 Å². The van der Waals surface area contributed by atoms with Gasteiger partial charge in [-0.1, -0.05) is 6.42 Å². The van der Waals surface area contributed by atoms with Crippen LogP contribution >= 0.6 is 0 Å². The van der Waals surface area contributed by atoms with Crippen LogP contribution in [0.3, 0.4) is 0 Å². The molecule has 1 aromatic rings.